The van der Waals surface area contributed by atoms with Crippen LogP contribution in [0, 0.1) is 6.07 Å². The maximum atomic E-state index is 6.03. The first-order valence-electron chi connectivity index (χ1n) is 9.18. The Labute approximate surface area is 164 Å². The SMILES string of the molecule is COc1[c]cc(C(C)(C)C)cc1-c1ccc(-c2nccc3[nH]nc(N)c23)cc1. The molecule has 141 valence electrons. The second-order valence-electron chi connectivity index (χ2n) is 7.85. The molecule has 0 saturated carbocycles. The summed E-state index contributed by atoms with van der Waals surface area (Å²) < 4.78 is 5.55. The molecule has 3 N–H and O–H groups in total. The predicted molar refractivity (Wildman–Crippen MR) is 113 cm³/mol. The number of pyridine rings is 1. The van der Waals surface area contributed by atoms with Gasteiger partial charge in [0.15, 0.2) is 5.82 Å². The maximum Gasteiger partial charge on any atom is 0.155 e. The van der Waals surface area contributed by atoms with E-state index < -0.39 is 0 Å². The van der Waals surface area contributed by atoms with Crippen LogP contribution in [0.25, 0.3) is 33.3 Å². The van der Waals surface area contributed by atoms with E-state index in [-0.39, 0.29) is 5.41 Å². The summed E-state index contributed by atoms with van der Waals surface area (Å²) in [5.74, 6) is 1.19. The van der Waals surface area contributed by atoms with Gasteiger partial charge in [0.25, 0.3) is 0 Å². The van der Waals surface area contributed by atoms with E-state index in [1.165, 1.54) is 5.56 Å². The number of hydrogen-bond acceptors (Lipinski definition) is 4. The van der Waals surface area contributed by atoms with Gasteiger partial charge in [-0.2, -0.15) is 5.10 Å². The molecule has 4 aromatic rings. The topological polar surface area (TPSA) is 76.8 Å². The number of aromatic nitrogens is 3. The van der Waals surface area contributed by atoms with Crippen LogP contribution < -0.4 is 10.5 Å². The first-order valence-corrected chi connectivity index (χ1v) is 9.18. The molecule has 5 heteroatoms. The Hall–Kier alpha value is -3.34. The first-order chi connectivity index (χ1) is 13.4. The number of ether oxygens (including phenoxy) is 1. The van der Waals surface area contributed by atoms with E-state index in [0.29, 0.717) is 5.82 Å². The third-order valence-electron chi connectivity index (χ3n) is 4.95. The molecule has 0 bridgehead atoms. The Morgan fingerprint density at radius 3 is 2.46 bits per heavy atom. The Morgan fingerprint density at radius 2 is 1.79 bits per heavy atom. The molecular formula is C23H23N4O. The van der Waals surface area contributed by atoms with Crippen LogP contribution in [0.2, 0.25) is 0 Å². The lowest BCUT2D eigenvalue weighted by atomic mass is 9.85. The smallest absolute Gasteiger partial charge is 0.155 e. The summed E-state index contributed by atoms with van der Waals surface area (Å²) in [4.78, 5) is 4.52. The number of nitrogens with zero attached hydrogens (tertiary/aromatic N) is 2. The molecule has 2 heterocycles. The van der Waals surface area contributed by atoms with Gasteiger partial charge in [-0.05, 0) is 34.7 Å². The second kappa shape index (κ2) is 6.68. The molecule has 0 aliphatic heterocycles. The largest absolute Gasteiger partial charge is 0.495 e. The fourth-order valence-corrected chi connectivity index (χ4v) is 3.32. The highest BCUT2D eigenvalue weighted by Crippen LogP contribution is 2.36. The quantitative estimate of drug-likeness (QED) is 0.532. The first kappa shape index (κ1) is 18.0. The number of methoxy groups -OCH3 is 1. The molecule has 0 aliphatic carbocycles. The number of hydrogen-bond donors (Lipinski definition) is 2. The van der Waals surface area contributed by atoms with E-state index in [1.807, 2.05) is 24.3 Å². The van der Waals surface area contributed by atoms with Crippen molar-refractivity contribution in [3.63, 3.8) is 0 Å². The molecule has 2 aromatic carbocycles. The zero-order valence-electron chi connectivity index (χ0n) is 16.5. The summed E-state index contributed by atoms with van der Waals surface area (Å²) in [6.07, 6.45) is 1.76. The lowest BCUT2D eigenvalue weighted by Gasteiger charge is -2.21. The van der Waals surface area contributed by atoms with Crippen molar-refractivity contribution >= 4 is 16.7 Å². The van der Waals surface area contributed by atoms with Crippen molar-refractivity contribution in [2.45, 2.75) is 26.2 Å². The third kappa shape index (κ3) is 3.09. The van der Waals surface area contributed by atoms with Gasteiger partial charge in [0.05, 0.1) is 23.7 Å². The van der Waals surface area contributed by atoms with Crippen LogP contribution in [-0.2, 0) is 5.41 Å². The van der Waals surface area contributed by atoms with E-state index in [1.54, 1.807) is 13.3 Å². The fourth-order valence-electron chi connectivity index (χ4n) is 3.32. The number of fused-ring (bicyclic) bond motifs is 1. The summed E-state index contributed by atoms with van der Waals surface area (Å²) in [7, 11) is 1.67. The monoisotopic (exact) mass is 371 g/mol. The molecule has 0 fully saturated rings. The molecule has 0 spiro atoms. The molecule has 0 atom stereocenters. The molecule has 28 heavy (non-hydrogen) atoms. The van der Waals surface area contributed by atoms with E-state index in [2.05, 4.69) is 60.2 Å². The minimum atomic E-state index is 0.0375. The van der Waals surface area contributed by atoms with Gasteiger partial charge < -0.3 is 10.5 Å². The number of aromatic amines is 1. The van der Waals surface area contributed by atoms with Gasteiger partial charge in [0, 0.05) is 23.4 Å². The summed E-state index contributed by atoms with van der Waals surface area (Å²) in [5, 5.41) is 7.87. The molecular weight excluding hydrogens is 348 g/mol. The van der Waals surface area contributed by atoms with Crippen molar-refractivity contribution in [3.8, 4) is 28.1 Å². The van der Waals surface area contributed by atoms with Crippen LogP contribution in [0.1, 0.15) is 26.3 Å². The minimum Gasteiger partial charge on any atom is -0.495 e. The number of anilines is 1. The number of rotatable bonds is 3. The highest BCUT2D eigenvalue weighted by Gasteiger charge is 2.17. The Morgan fingerprint density at radius 1 is 1.07 bits per heavy atom. The molecule has 5 nitrogen and oxygen atoms in total. The summed E-state index contributed by atoms with van der Waals surface area (Å²) in [6, 6.07) is 17.6. The molecule has 4 rings (SSSR count). The maximum absolute atomic E-state index is 6.03. The predicted octanol–water partition coefficient (Wildman–Crippen LogP) is 4.98. The van der Waals surface area contributed by atoms with Gasteiger partial charge in [-0.15, -0.1) is 0 Å². The van der Waals surface area contributed by atoms with E-state index >= 15 is 0 Å². The van der Waals surface area contributed by atoms with Gasteiger partial charge in [0.1, 0.15) is 5.75 Å². The number of nitrogens with two attached hydrogens (primary N) is 1. The molecule has 0 unspecified atom stereocenters. The molecule has 0 saturated heterocycles. The number of H-pyrrole nitrogens is 1. The van der Waals surface area contributed by atoms with Crippen molar-refractivity contribution in [1.29, 1.82) is 0 Å². The van der Waals surface area contributed by atoms with E-state index in [4.69, 9.17) is 10.5 Å². The van der Waals surface area contributed by atoms with Gasteiger partial charge in [-0.3, -0.25) is 10.1 Å². The summed E-state index contributed by atoms with van der Waals surface area (Å²) >= 11 is 0. The number of nitrogens with one attached hydrogen (secondary N) is 1. The molecule has 2 aromatic heterocycles. The lowest BCUT2D eigenvalue weighted by Crippen LogP contribution is -2.11. The van der Waals surface area contributed by atoms with Crippen LogP contribution in [-0.4, -0.2) is 22.3 Å². The average molecular weight is 371 g/mol. The van der Waals surface area contributed by atoms with Crippen LogP contribution in [0.4, 0.5) is 5.82 Å². The average Bonchev–Trinajstić information content (AvgIpc) is 3.08. The van der Waals surface area contributed by atoms with Crippen LogP contribution in [0.3, 0.4) is 0 Å². The highest BCUT2D eigenvalue weighted by atomic mass is 16.5. The zero-order valence-corrected chi connectivity index (χ0v) is 16.5. The van der Waals surface area contributed by atoms with Crippen molar-refractivity contribution in [3.05, 3.63) is 60.3 Å². The fraction of sp³-hybridized carbons (Fsp3) is 0.217. The zero-order chi connectivity index (χ0) is 19.9. The summed E-state index contributed by atoms with van der Waals surface area (Å²) in [5.41, 5.74) is 12.0. The number of nitrogen functional groups attached to an aromatic ring is 1. The van der Waals surface area contributed by atoms with Crippen molar-refractivity contribution in [2.75, 3.05) is 12.8 Å². The van der Waals surface area contributed by atoms with Gasteiger partial charge in [-0.1, -0.05) is 45.0 Å². The molecule has 1 radical (unpaired) electrons. The standard InChI is InChI=1S/C23H23N4O/c1-23(2,3)16-9-10-19(28-4)17(13-16)14-5-7-15(8-6-14)21-20-18(11-12-25-21)26-27-22(20)24/h5-9,11-13H,1-4H3,(H3,24,26,27). The third-order valence-corrected chi connectivity index (χ3v) is 4.95. The van der Waals surface area contributed by atoms with Crippen LogP contribution in [0.5, 0.6) is 5.75 Å². The minimum absolute atomic E-state index is 0.0375. The van der Waals surface area contributed by atoms with E-state index in [0.717, 1.165) is 39.0 Å². The van der Waals surface area contributed by atoms with Gasteiger partial charge in [0.2, 0.25) is 0 Å². The number of benzene rings is 2. The second-order valence-corrected chi connectivity index (χ2v) is 7.85. The van der Waals surface area contributed by atoms with Crippen LogP contribution in [0.15, 0.2) is 48.7 Å². The Balaban J connectivity index is 1.79. The Kier molecular flexibility index (Phi) is 4.30. The van der Waals surface area contributed by atoms with Crippen molar-refractivity contribution in [2.24, 2.45) is 0 Å². The molecule has 0 aliphatic rings. The van der Waals surface area contributed by atoms with Crippen molar-refractivity contribution < 1.29 is 4.74 Å². The summed E-state index contributed by atoms with van der Waals surface area (Å²) in [6.45, 7) is 6.57. The highest BCUT2D eigenvalue weighted by molar-refractivity contribution is 5.99. The normalized spacial score (nSPS) is 11.7. The van der Waals surface area contributed by atoms with Gasteiger partial charge in [-0.25, -0.2) is 0 Å². The van der Waals surface area contributed by atoms with Crippen molar-refractivity contribution in [1.82, 2.24) is 15.2 Å². The van der Waals surface area contributed by atoms with E-state index in [9.17, 15) is 0 Å². The Bertz CT molecular complexity index is 1140. The lowest BCUT2D eigenvalue weighted by molar-refractivity contribution is 0.415. The van der Waals surface area contributed by atoms with Crippen LogP contribution >= 0.6 is 0 Å². The van der Waals surface area contributed by atoms with Gasteiger partial charge >= 0.3 is 0 Å². The molecule has 0 amide bonds.